The number of allylic oxidation sites excluding steroid dienone is 1. The van der Waals surface area contributed by atoms with Gasteiger partial charge in [0.05, 0.1) is 18.0 Å². The molecule has 8 heteroatoms. The third-order valence-corrected chi connectivity index (χ3v) is 7.00. The highest BCUT2D eigenvalue weighted by molar-refractivity contribution is 5.88. The van der Waals surface area contributed by atoms with Gasteiger partial charge >= 0.3 is 0 Å². The summed E-state index contributed by atoms with van der Waals surface area (Å²) in [6.07, 6.45) is 11.9. The molecule has 8 nitrogen and oxygen atoms in total. The molecule has 0 aliphatic carbocycles. The molecule has 2 atom stereocenters. The van der Waals surface area contributed by atoms with Crippen LogP contribution in [0.2, 0.25) is 0 Å². The standard InChI is InChI=1S/C29H48N6O2/c1-5-10-23(6-2)15-18-35-17-7-11-24(21-35)29(31)34-22(3)33-26-13-14-27(37-20-9-16-30)25(12-8-19-36)28(26)32-4/h8,12-14,19,23-24,32-33H,3,5-7,9-11,15-18,20-21,30H2,1-2,4H3,(H2,31,34)/b12-8-. The van der Waals surface area contributed by atoms with Crippen molar-refractivity contribution in [1.29, 1.82) is 0 Å². The number of carbonyl (C=O) groups excluding carboxylic acids is 1. The summed E-state index contributed by atoms with van der Waals surface area (Å²) in [6.45, 7) is 12.9. The maximum Gasteiger partial charge on any atom is 0.142 e. The minimum atomic E-state index is 0.228. The van der Waals surface area contributed by atoms with Crippen molar-refractivity contribution in [3.63, 3.8) is 0 Å². The van der Waals surface area contributed by atoms with Gasteiger partial charge in [-0.2, -0.15) is 0 Å². The zero-order chi connectivity index (χ0) is 27.0. The number of aliphatic imine (C=N–C) groups is 1. The molecular weight excluding hydrogens is 464 g/mol. The minimum absolute atomic E-state index is 0.228. The van der Waals surface area contributed by atoms with Crippen LogP contribution in [0.4, 0.5) is 11.4 Å². The van der Waals surface area contributed by atoms with Crippen LogP contribution in [0.3, 0.4) is 0 Å². The van der Waals surface area contributed by atoms with Crippen LogP contribution in [0.1, 0.15) is 64.4 Å². The molecular formula is C29H48N6O2. The third kappa shape index (κ3) is 9.85. The largest absolute Gasteiger partial charge is 0.493 e. The van der Waals surface area contributed by atoms with Crippen molar-refractivity contribution in [2.24, 2.45) is 28.3 Å². The zero-order valence-electron chi connectivity index (χ0n) is 23.1. The normalized spacial score (nSPS) is 17.5. The number of ether oxygens (including phenoxy) is 1. The second-order valence-corrected chi connectivity index (χ2v) is 9.74. The predicted octanol–water partition coefficient (Wildman–Crippen LogP) is 4.84. The maximum atomic E-state index is 11.0. The summed E-state index contributed by atoms with van der Waals surface area (Å²) in [4.78, 5) is 18.2. The average Bonchev–Trinajstić information content (AvgIpc) is 2.90. The Morgan fingerprint density at radius 3 is 2.84 bits per heavy atom. The Morgan fingerprint density at radius 1 is 1.35 bits per heavy atom. The van der Waals surface area contributed by atoms with Crippen molar-refractivity contribution in [3.8, 4) is 5.75 Å². The Kier molecular flexibility index (Phi) is 13.8. The molecule has 1 aromatic carbocycles. The molecule has 0 spiro atoms. The number of nitrogens with zero attached hydrogens (tertiary/aromatic N) is 2. The summed E-state index contributed by atoms with van der Waals surface area (Å²) >= 11 is 0. The second kappa shape index (κ2) is 16.8. The number of benzene rings is 1. The first-order chi connectivity index (χ1) is 18.0. The van der Waals surface area contributed by atoms with Gasteiger partial charge in [0.25, 0.3) is 0 Å². The molecule has 2 unspecified atom stereocenters. The van der Waals surface area contributed by atoms with Crippen LogP contribution in [-0.2, 0) is 4.79 Å². The second-order valence-electron chi connectivity index (χ2n) is 9.74. The number of hydrogen-bond acceptors (Lipinski definition) is 7. The molecule has 1 aliphatic heterocycles. The lowest BCUT2D eigenvalue weighted by molar-refractivity contribution is -0.104. The van der Waals surface area contributed by atoms with Gasteiger partial charge in [0.15, 0.2) is 0 Å². The lowest BCUT2D eigenvalue weighted by atomic mass is 9.94. The van der Waals surface area contributed by atoms with E-state index in [1.165, 1.54) is 31.8 Å². The number of nitrogens with two attached hydrogens (primary N) is 2. The Labute approximate surface area is 223 Å². The summed E-state index contributed by atoms with van der Waals surface area (Å²) in [7, 11) is 1.82. The molecule has 0 saturated carbocycles. The van der Waals surface area contributed by atoms with E-state index >= 15 is 0 Å². The van der Waals surface area contributed by atoms with Gasteiger partial charge in [0, 0.05) is 25.1 Å². The van der Waals surface area contributed by atoms with Crippen LogP contribution in [0.25, 0.3) is 6.08 Å². The Bertz CT molecular complexity index is 914. The van der Waals surface area contributed by atoms with Gasteiger partial charge in [-0.3, -0.25) is 4.79 Å². The van der Waals surface area contributed by atoms with Crippen molar-refractivity contribution in [1.82, 2.24) is 4.90 Å². The van der Waals surface area contributed by atoms with E-state index in [0.29, 0.717) is 30.6 Å². The van der Waals surface area contributed by atoms with E-state index in [1.807, 2.05) is 19.2 Å². The molecule has 37 heavy (non-hydrogen) atoms. The van der Waals surface area contributed by atoms with Gasteiger partial charge in [-0.1, -0.05) is 39.7 Å². The van der Waals surface area contributed by atoms with Crippen LogP contribution < -0.4 is 26.8 Å². The fourth-order valence-electron chi connectivity index (χ4n) is 4.92. The van der Waals surface area contributed by atoms with Crippen molar-refractivity contribution >= 4 is 29.6 Å². The highest BCUT2D eigenvalue weighted by Crippen LogP contribution is 2.35. The van der Waals surface area contributed by atoms with Crippen LogP contribution in [-0.4, -0.2) is 56.9 Å². The number of likely N-dealkylation sites (tertiary alicyclic amines) is 1. The fraction of sp³-hybridized carbons (Fsp3) is 0.586. The van der Waals surface area contributed by atoms with E-state index in [4.69, 9.17) is 16.2 Å². The van der Waals surface area contributed by atoms with Crippen molar-refractivity contribution < 1.29 is 9.53 Å². The molecule has 1 fully saturated rings. The molecule has 1 aliphatic rings. The molecule has 1 heterocycles. The van der Waals surface area contributed by atoms with E-state index in [-0.39, 0.29) is 5.92 Å². The van der Waals surface area contributed by atoms with Crippen LogP contribution >= 0.6 is 0 Å². The SMILES string of the molecule is C=C(/N=C(\N)C1CCCN(CCC(CC)CCC)C1)Nc1ccc(OCCCN)c(/C=C\C=O)c1NC. The number of amidine groups is 1. The number of hydrogen-bond donors (Lipinski definition) is 4. The molecule has 0 bridgehead atoms. The van der Waals surface area contributed by atoms with E-state index in [2.05, 4.69) is 41.0 Å². The third-order valence-electron chi connectivity index (χ3n) is 7.00. The van der Waals surface area contributed by atoms with Crippen molar-refractivity contribution in [2.75, 3.05) is 50.5 Å². The predicted molar refractivity (Wildman–Crippen MR) is 157 cm³/mol. The van der Waals surface area contributed by atoms with Crippen LogP contribution in [0.5, 0.6) is 5.75 Å². The molecule has 0 radical (unpaired) electrons. The summed E-state index contributed by atoms with van der Waals surface area (Å²) < 4.78 is 5.90. The first kappa shape index (κ1) is 30.4. The fourth-order valence-corrected chi connectivity index (χ4v) is 4.92. The van der Waals surface area contributed by atoms with E-state index in [0.717, 1.165) is 68.0 Å². The van der Waals surface area contributed by atoms with Gasteiger partial charge < -0.3 is 31.7 Å². The topological polar surface area (TPSA) is 118 Å². The minimum Gasteiger partial charge on any atom is -0.493 e. The first-order valence-corrected chi connectivity index (χ1v) is 13.8. The average molecular weight is 513 g/mol. The summed E-state index contributed by atoms with van der Waals surface area (Å²) in [5, 5.41) is 6.49. The number of piperidine rings is 1. The highest BCUT2D eigenvalue weighted by atomic mass is 16.5. The van der Waals surface area contributed by atoms with E-state index in [1.54, 1.807) is 6.08 Å². The quantitative estimate of drug-likeness (QED) is 0.0776. The van der Waals surface area contributed by atoms with Gasteiger partial charge in [0.1, 0.15) is 23.7 Å². The van der Waals surface area contributed by atoms with Gasteiger partial charge in [-0.25, -0.2) is 4.99 Å². The Morgan fingerprint density at radius 2 is 2.16 bits per heavy atom. The van der Waals surface area contributed by atoms with Gasteiger partial charge in [-0.05, 0) is 75.5 Å². The zero-order valence-corrected chi connectivity index (χ0v) is 23.1. The molecule has 1 aromatic rings. The number of rotatable bonds is 17. The van der Waals surface area contributed by atoms with Crippen molar-refractivity contribution in [3.05, 3.63) is 36.2 Å². The number of aldehydes is 1. The summed E-state index contributed by atoms with van der Waals surface area (Å²) in [5.41, 5.74) is 14.4. The van der Waals surface area contributed by atoms with Crippen molar-refractivity contribution in [2.45, 2.75) is 58.8 Å². The lowest BCUT2D eigenvalue weighted by Crippen LogP contribution is -2.42. The van der Waals surface area contributed by atoms with Crippen LogP contribution in [0, 0.1) is 11.8 Å². The molecule has 1 saturated heterocycles. The Balaban J connectivity index is 2.09. The number of nitrogens with one attached hydrogen (secondary N) is 2. The van der Waals surface area contributed by atoms with Gasteiger partial charge in [-0.15, -0.1) is 0 Å². The first-order valence-electron chi connectivity index (χ1n) is 13.8. The summed E-state index contributed by atoms with van der Waals surface area (Å²) in [5.74, 6) is 2.80. The lowest BCUT2D eigenvalue weighted by Gasteiger charge is -2.33. The van der Waals surface area contributed by atoms with E-state index < -0.39 is 0 Å². The van der Waals surface area contributed by atoms with Crippen LogP contribution in [0.15, 0.2) is 35.6 Å². The highest BCUT2D eigenvalue weighted by Gasteiger charge is 2.23. The number of carbonyl (C=O) groups is 1. The molecule has 0 aromatic heterocycles. The van der Waals surface area contributed by atoms with Gasteiger partial charge in [0.2, 0.25) is 0 Å². The van der Waals surface area contributed by atoms with E-state index in [9.17, 15) is 4.79 Å². The Hall–Kier alpha value is -2.84. The maximum absolute atomic E-state index is 11.0. The molecule has 0 amide bonds. The summed E-state index contributed by atoms with van der Waals surface area (Å²) in [6, 6.07) is 3.77. The monoisotopic (exact) mass is 512 g/mol. The molecule has 6 N–H and O–H groups in total. The molecule has 2 rings (SSSR count). The smallest absolute Gasteiger partial charge is 0.142 e. The number of anilines is 2. The molecule has 206 valence electrons.